The minimum atomic E-state index is -4.86. The van der Waals surface area contributed by atoms with Gasteiger partial charge in [0.15, 0.2) is 5.78 Å². The van der Waals surface area contributed by atoms with Crippen LogP contribution in [-0.2, 0) is 4.57 Å². The standard InChI is InChI=1S/C15H13O8P/c16-10-4-1-9(2-5-10)3-6-12(17)15-13(18)7-11(8-14(15)19)23-24(20,21)22/h1-8,16,18-19H,(H2,20,21,22). The van der Waals surface area contributed by atoms with Gasteiger partial charge in [-0.1, -0.05) is 18.2 Å². The van der Waals surface area contributed by atoms with Gasteiger partial charge in [-0.15, -0.1) is 0 Å². The molecular formula is C15H13O8P. The van der Waals surface area contributed by atoms with E-state index in [2.05, 4.69) is 4.52 Å². The van der Waals surface area contributed by atoms with Gasteiger partial charge in [0.25, 0.3) is 0 Å². The Morgan fingerprint density at radius 3 is 2.04 bits per heavy atom. The lowest BCUT2D eigenvalue weighted by Gasteiger charge is -2.10. The van der Waals surface area contributed by atoms with E-state index in [1.807, 2.05) is 0 Å². The lowest BCUT2D eigenvalue weighted by atomic mass is 10.1. The van der Waals surface area contributed by atoms with Crippen LogP contribution >= 0.6 is 7.82 Å². The van der Waals surface area contributed by atoms with Crippen molar-refractivity contribution in [2.45, 2.75) is 0 Å². The molecule has 9 heteroatoms. The van der Waals surface area contributed by atoms with Gasteiger partial charge in [0, 0.05) is 12.1 Å². The summed E-state index contributed by atoms with van der Waals surface area (Å²) in [6.45, 7) is 0. The average molecular weight is 352 g/mol. The fraction of sp³-hybridized carbons (Fsp3) is 0. The van der Waals surface area contributed by atoms with Gasteiger partial charge < -0.3 is 19.8 Å². The third-order valence-corrected chi connectivity index (χ3v) is 3.31. The zero-order valence-corrected chi connectivity index (χ0v) is 12.9. The Labute approximate surface area is 136 Å². The van der Waals surface area contributed by atoms with Gasteiger partial charge >= 0.3 is 7.82 Å². The van der Waals surface area contributed by atoms with Crippen LogP contribution < -0.4 is 4.52 Å². The summed E-state index contributed by atoms with van der Waals surface area (Å²) in [6, 6.07) is 7.56. The number of phosphoric acid groups is 1. The predicted molar refractivity (Wildman–Crippen MR) is 83.9 cm³/mol. The van der Waals surface area contributed by atoms with E-state index >= 15 is 0 Å². The Morgan fingerprint density at radius 2 is 1.54 bits per heavy atom. The van der Waals surface area contributed by atoms with Crippen LogP contribution in [0.1, 0.15) is 15.9 Å². The van der Waals surface area contributed by atoms with Gasteiger partial charge in [-0.2, -0.15) is 0 Å². The van der Waals surface area contributed by atoms with Crippen molar-refractivity contribution in [3.05, 3.63) is 53.6 Å². The van der Waals surface area contributed by atoms with Gasteiger partial charge in [0.2, 0.25) is 0 Å². The molecule has 0 heterocycles. The molecule has 126 valence electrons. The van der Waals surface area contributed by atoms with Gasteiger partial charge in [0.05, 0.1) is 0 Å². The number of aromatic hydroxyl groups is 3. The number of hydrogen-bond acceptors (Lipinski definition) is 6. The van der Waals surface area contributed by atoms with Crippen molar-refractivity contribution in [2.24, 2.45) is 0 Å². The van der Waals surface area contributed by atoms with E-state index in [9.17, 15) is 19.6 Å². The highest BCUT2D eigenvalue weighted by atomic mass is 31.2. The summed E-state index contributed by atoms with van der Waals surface area (Å²) in [5, 5.41) is 28.8. The second-order valence-corrected chi connectivity index (χ2v) is 5.87. The number of benzene rings is 2. The number of rotatable bonds is 5. The zero-order valence-electron chi connectivity index (χ0n) is 12.0. The van der Waals surface area contributed by atoms with Crippen LogP contribution in [0.3, 0.4) is 0 Å². The molecule has 0 spiro atoms. The fourth-order valence-corrected chi connectivity index (χ4v) is 2.25. The van der Waals surface area contributed by atoms with Crippen molar-refractivity contribution in [1.82, 2.24) is 0 Å². The molecule has 0 aliphatic heterocycles. The molecule has 2 aromatic rings. The molecule has 0 bridgehead atoms. The van der Waals surface area contributed by atoms with E-state index in [0.29, 0.717) is 5.56 Å². The predicted octanol–water partition coefficient (Wildman–Crippen LogP) is 2.17. The normalized spacial score (nSPS) is 11.6. The fourth-order valence-electron chi connectivity index (χ4n) is 1.87. The maximum absolute atomic E-state index is 12.1. The minimum absolute atomic E-state index is 0.0643. The molecule has 0 unspecified atom stereocenters. The van der Waals surface area contributed by atoms with Gasteiger partial charge in [0.1, 0.15) is 28.6 Å². The Morgan fingerprint density at radius 1 is 1.00 bits per heavy atom. The van der Waals surface area contributed by atoms with Crippen LogP contribution in [0.15, 0.2) is 42.5 Å². The highest BCUT2D eigenvalue weighted by molar-refractivity contribution is 7.46. The molecule has 0 radical (unpaired) electrons. The average Bonchev–Trinajstić information content (AvgIpc) is 2.44. The maximum Gasteiger partial charge on any atom is 0.524 e. The number of phenols is 3. The van der Waals surface area contributed by atoms with Gasteiger partial charge in [-0.3, -0.25) is 14.6 Å². The maximum atomic E-state index is 12.1. The van der Waals surface area contributed by atoms with Gasteiger partial charge in [-0.05, 0) is 23.8 Å². The molecule has 2 aromatic carbocycles. The largest absolute Gasteiger partial charge is 0.524 e. The molecule has 2 rings (SSSR count). The molecule has 8 nitrogen and oxygen atoms in total. The molecule has 0 saturated carbocycles. The van der Waals surface area contributed by atoms with Crippen LogP contribution in [0.5, 0.6) is 23.0 Å². The molecule has 0 atom stereocenters. The minimum Gasteiger partial charge on any atom is -0.508 e. The molecule has 24 heavy (non-hydrogen) atoms. The van der Waals surface area contributed by atoms with Crippen LogP contribution in [0, 0.1) is 0 Å². The number of phosphoric ester groups is 1. The van der Waals surface area contributed by atoms with E-state index in [4.69, 9.17) is 14.9 Å². The summed E-state index contributed by atoms with van der Waals surface area (Å²) in [4.78, 5) is 29.5. The Bertz CT molecular complexity index is 812. The zero-order chi connectivity index (χ0) is 17.9. The molecule has 0 aliphatic rings. The second-order valence-electron chi connectivity index (χ2n) is 4.71. The van der Waals surface area contributed by atoms with E-state index in [-0.39, 0.29) is 5.75 Å². The van der Waals surface area contributed by atoms with Crippen LogP contribution in [0.25, 0.3) is 6.08 Å². The molecule has 0 aliphatic carbocycles. The van der Waals surface area contributed by atoms with Crippen molar-refractivity contribution < 1.29 is 39.0 Å². The first-order chi connectivity index (χ1) is 11.2. The van der Waals surface area contributed by atoms with E-state index < -0.39 is 36.4 Å². The summed E-state index contributed by atoms with van der Waals surface area (Å²) in [5.74, 6) is -2.55. The number of phenolic OH excluding ortho intramolecular Hbond substituents is 3. The third kappa shape index (κ3) is 4.60. The quantitative estimate of drug-likeness (QED) is 0.313. The van der Waals surface area contributed by atoms with Crippen molar-refractivity contribution >= 4 is 19.7 Å². The molecule has 5 N–H and O–H groups in total. The Balaban J connectivity index is 2.26. The van der Waals surface area contributed by atoms with Gasteiger partial charge in [-0.25, -0.2) is 4.57 Å². The lowest BCUT2D eigenvalue weighted by molar-refractivity contribution is 0.104. The molecule has 0 fully saturated rings. The summed E-state index contributed by atoms with van der Waals surface area (Å²) in [7, 11) is -4.86. The smallest absolute Gasteiger partial charge is 0.508 e. The van der Waals surface area contributed by atoms with Crippen LogP contribution in [0.4, 0.5) is 0 Å². The lowest BCUT2D eigenvalue weighted by Crippen LogP contribution is -1.97. The molecular weight excluding hydrogens is 339 g/mol. The van der Waals surface area contributed by atoms with Crippen molar-refractivity contribution in [3.63, 3.8) is 0 Å². The first-order valence-electron chi connectivity index (χ1n) is 6.48. The number of carbonyl (C=O) groups is 1. The first-order valence-corrected chi connectivity index (χ1v) is 8.01. The summed E-state index contributed by atoms with van der Waals surface area (Å²) in [5.41, 5.74) is 0.157. The number of ketones is 1. The summed E-state index contributed by atoms with van der Waals surface area (Å²) >= 11 is 0. The van der Waals surface area contributed by atoms with Crippen molar-refractivity contribution in [1.29, 1.82) is 0 Å². The molecule has 0 amide bonds. The third-order valence-electron chi connectivity index (χ3n) is 2.86. The SMILES string of the molecule is O=C(C=Cc1ccc(O)cc1)c1c(O)cc(OP(=O)(O)O)cc1O. The van der Waals surface area contributed by atoms with Crippen molar-refractivity contribution in [3.8, 4) is 23.0 Å². The van der Waals surface area contributed by atoms with E-state index in [1.54, 1.807) is 12.1 Å². The summed E-state index contributed by atoms with van der Waals surface area (Å²) < 4.78 is 15.0. The topological polar surface area (TPSA) is 145 Å². The van der Waals surface area contributed by atoms with E-state index in [0.717, 1.165) is 18.2 Å². The van der Waals surface area contributed by atoms with Crippen LogP contribution in [0.2, 0.25) is 0 Å². The number of hydrogen-bond donors (Lipinski definition) is 5. The highest BCUT2D eigenvalue weighted by Crippen LogP contribution is 2.41. The van der Waals surface area contributed by atoms with Crippen molar-refractivity contribution in [2.75, 3.05) is 0 Å². The first kappa shape index (κ1) is 17.6. The van der Waals surface area contributed by atoms with Crippen LogP contribution in [-0.4, -0.2) is 30.9 Å². The molecule has 0 saturated heterocycles. The molecule has 0 aromatic heterocycles. The monoisotopic (exact) mass is 352 g/mol. The van der Waals surface area contributed by atoms with E-state index in [1.165, 1.54) is 18.2 Å². The number of allylic oxidation sites excluding steroid dienone is 1. The Hall–Kier alpha value is -2.80. The Kier molecular flexibility index (Phi) is 4.94. The summed E-state index contributed by atoms with van der Waals surface area (Å²) in [6.07, 6.45) is 2.49. The highest BCUT2D eigenvalue weighted by Gasteiger charge is 2.21. The number of carbonyl (C=O) groups excluding carboxylic acids is 1. The second kappa shape index (κ2) is 6.76.